The van der Waals surface area contributed by atoms with Gasteiger partial charge in [0.25, 0.3) is 0 Å². The molecule has 2 aromatic rings. The second kappa shape index (κ2) is 8.02. The number of carbonyl (C=O) groups is 2. The molecule has 1 saturated heterocycles. The van der Waals surface area contributed by atoms with Crippen molar-refractivity contribution in [1.82, 2.24) is 9.80 Å². The number of likely N-dealkylation sites (tertiary alicyclic amines) is 1. The first-order valence-corrected chi connectivity index (χ1v) is 10.3. The van der Waals surface area contributed by atoms with Gasteiger partial charge < -0.3 is 9.80 Å². The fourth-order valence-corrected chi connectivity index (χ4v) is 4.38. The third-order valence-corrected chi connectivity index (χ3v) is 6.07. The molecule has 0 radical (unpaired) electrons. The topological polar surface area (TPSA) is 40.6 Å². The predicted octanol–water partition coefficient (Wildman–Crippen LogP) is 4.11. The molecule has 2 amide bonds. The van der Waals surface area contributed by atoms with Crippen LogP contribution in [0.2, 0.25) is 0 Å². The van der Waals surface area contributed by atoms with Crippen LogP contribution in [0.5, 0.6) is 0 Å². The Bertz CT molecular complexity index is 930. The Morgan fingerprint density at radius 3 is 2.21 bits per heavy atom. The minimum absolute atomic E-state index is 0.0116. The van der Waals surface area contributed by atoms with Crippen molar-refractivity contribution in [2.75, 3.05) is 13.6 Å². The largest absolute Gasteiger partial charge is 0.339 e. The highest BCUT2D eigenvalue weighted by Crippen LogP contribution is 2.33. The lowest BCUT2D eigenvalue weighted by molar-refractivity contribution is -0.163. The van der Waals surface area contributed by atoms with E-state index < -0.39 is 5.54 Å². The molecule has 0 aliphatic carbocycles. The number of hydrogen-bond donors (Lipinski definition) is 0. The summed E-state index contributed by atoms with van der Waals surface area (Å²) in [6.45, 7) is 11.3. The van der Waals surface area contributed by atoms with Gasteiger partial charge in [0.2, 0.25) is 11.8 Å². The molecule has 4 heteroatoms. The van der Waals surface area contributed by atoms with E-state index in [0.29, 0.717) is 25.9 Å². The third-order valence-electron chi connectivity index (χ3n) is 6.07. The number of benzene rings is 2. The molecule has 2 aromatic carbocycles. The molecule has 154 valence electrons. The van der Waals surface area contributed by atoms with Crippen molar-refractivity contribution in [3.63, 3.8) is 0 Å². The average Bonchev–Trinajstić information content (AvgIpc) is 2.60. The van der Waals surface area contributed by atoms with Crippen LogP contribution in [0, 0.1) is 27.7 Å². The van der Waals surface area contributed by atoms with E-state index in [0.717, 1.165) is 22.3 Å². The SMILES string of the molecule is Cc1cc(C)cc(CC(=O)N2CCC2(C)C(=O)N(C)Cc2ccc(C)cc2C)c1. The Kier molecular flexibility index (Phi) is 5.83. The van der Waals surface area contributed by atoms with Crippen LogP contribution < -0.4 is 0 Å². The van der Waals surface area contributed by atoms with E-state index in [-0.39, 0.29) is 11.8 Å². The second-order valence-corrected chi connectivity index (χ2v) is 8.83. The zero-order chi connectivity index (χ0) is 21.3. The second-order valence-electron chi connectivity index (χ2n) is 8.83. The molecular formula is C25H32N2O2. The first-order chi connectivity index (χ1) is 13.6. The number of amides is 2. The van der Waals surface area contributed by atoms with Crippen LogP contribution in [0.4, 0.5) is 0 Å². The highest BCUT2D eigenvalue weighted by Gasteiger charge is 2.50. The standard InChI is InChI=1S/C25H32N2O2/c1-17-7-8-22(20(4)12-17)16-26(6)24(29)25(5)9-10-27(25)23(28)15-21-13-18(2)11-19(3)14-21/h7-8,11-14H,9-10,15-16H2,1-6H3. The van der Waals surface area contributed by atoms with Gasteiger partial charge in [-0.25, -0.2) is 0 Å². The molecule has 0 spiro atoms. The van der Waals surface area contributed by atoms with Crippen LogP contribution >= 0.6 is 0 Å². The molecule has 0 N–H and O–H groups in total. The molecule has 1 unspecified atom stereocenters. The summed E-state index contributed by atoms with van der Waals surface area (Å²) in [7, 11) is 1.83. The van der Waals surface area contributed by atoms with E-state index in [4.69, 9.17) is 0 Å². The number of aryl methyl sites for hydroxylation is 4. The van der Waals surface area contributed by atoms with E-state index in [9.17, 15) is 9.59 Å². The molecule has 4 nitrogen and oxygen atoms in total. The monoisotopic (exact) mass is 392 g/mol. The summed E-state index contributed by atoms with van der Waals surface area (Å²) in [5.41, 5.74) is 6.12. The number of likely N-dealkylation sites (N-methyl/N-ethyl adjacent to an activating group) is 1. The van der Waals surface area contributed by atoms with E-state index in [1.165, 1.54) is 11.1 Å². The Hall–Kier alpha value is -2.62. The fourth-order valence-electron chi connectivity index (χ4n) is 4.38. The van der Waals surface area contributed by atoms with Crippen LogP contribution in [-0.2, 0) is 22.6 Å². The average molecular weight is 393 g/mol. The summed E-state index contributed by atoms with van der Waals surface area (Å²) in [5, 5.41) is 0. The Morgan fingerprint density at radius 2 is 1.66 bits per heavy atom. The Morgan fingerprint density at radius 1 is 1.00 bits per heavy atom. The molecule has 1 fully saturated rings. The third kappa shape index (κ3) is 4.36. The summed E-state index contributed by atoms with van der Waals surface area (Å²) in [4.78, 5) is 29.7. The summed E-state index contributed by atoms with van der Waals surface area (Å²) >= 11 is 0. The van der Waals surface area contributed by atoms with E-state index in [2.05, 4.69) is 50.2 Å². The summed E-state index contributed by atoms with van der Waals surface area (Å²) in [5.74, 6) is 0.0366. The van der Waals surface area contributed by atoms with E-state index >= 15 is 0 Å². The number of nitrogens with zero attached hydrogens (tertiary/aromatic N) is 2. The first-order valence-electron chi connectivity index (χ1n) is 10.3. The van der Waals surface area contributed by atoms with Crippen molar-refractivity contribution in [1.29, 1.82) is 0 Å². The maximum Gasteiger partial charge on any atom is 0.248 e. The molecule has 1 aliphatic rings. The minimum atomic E-state index is -0.747. The summed E-state index contributed by atoms with van der Waals surface area (Å²) in [6, 6.07) is 12.5. The van der Waals surface area contributed by atoms with Crippen LogP contribution in [-0.4, -0.2) is 40.7 Å². The van der Waals surface area contributed by atoms with Crippen molar-refractivity contribution >= 4 is 11.8 Å². The van der Waals surface area contributed by atoms with Crippen molar-refractivity contribution < 1.29 is 9.59 Å². The molecule has 29 heavy (non-hydrogen) atoms. The van der Waals surface area contributed by atoms with Crippen LogP contribution in [0.15, 0.2) is 36.4 Å². The number of rotatable bonds is 5. The zero-order valence-corrected chi connectivity index (χ0v) is 18.5. The van der Waals surface area contributed by atoms with Gasteiger partial charge in [0.05, 0.1) is 6.42 Å². The van der Waals surface area contributed by atoms with Crippen molar-refractivity contribution in [3.8, 4) is 0 Å². The van der Waals surface area contributed by atoms with Crippen LogP contribution in [0.1, 0.15) is 46.7 Å². The molecule has 1 aliphatic heterocycles. The molecular weight excluding hydrogens is 360 g/mol. The van der Waals surface area contributed by atoms with E-state index in [1.807, 2.05) is 27.8 Å². The molecule has 0 saturated carbocycles. The van der Waals surface area contributed by atoms with Gasteiger partial charge in [-0.1, -0.05) is 53.1 Å². The molecule has 0 bridgehead atoms. The summed E-state index contributed by atoms with van der Waals surface area (Å²) < 4.78 is 0. The van der Waals surface area contributed by atoms with Gasteiger partial charge in [-0.05, 0) is 57.7 Å². The van der Waals surface area contributed by atoms with Gasteiger partial charge >= 0.3 is 0 Å². The van der Waals surface area contributed by atoms with Gasteiger partial charge in [-0.15, -0.1) is 0 Å². The van der Waals surface area contributed by atoms with Gasteiger partial charge in [0, 0.05) is 20.1 Å². The van der Waals surface area contributed by atoms with E-state index in [1.54, 1.807) is 9.80 Å². The summed E-state index contributed by atoms with van der Waals surface area (Å²) in [6.07, 6.45) is 1.05. The minimum Gasteiger partial charge on any atom is -0.339 e. The first kappa shape index (κ1) is 21.1. The predicted molar refractivity (Wildman–Crippen MR) is 117 cm³/mol. The normalized spacial score (nSPS) is 18.3. The van der Waals surface area contributed by atoms with Gasteiger partial charge in [-0.3, -0.25) is 9.59 Å². The maximum atomic E-state index is 13.2. The van der Waals surface area contributed by atoms with Crippen molar-refractivity contribution in [2.45, 2.75) is 59.5 Å². The lowest BCUT2D eigenvalue weighted by Gasteiger charge is -2.50. The van der Waals surface area contributed by atoms with Crippen LogP contribution in [0.25, 0.3) is 0 Å². The smallest absolute Gasteiger partial charge is 0.248 e. The highest BCUT2D eigenvalue weighted by molar-refractivity contribution is 5.93. The lowest BCUT2D eigenvalue weighted by Crippen LogP contribution is -2.67. The fraction of sp³-hybridized carbons (Fsp3) is 0.440. The quantitative estimate of drug-likeness (QED) is 0.768. The Labute approximate surface area is 174 Å². The zero-order valence-electron chi connectivity index (χ0n) is 18.5. The van der Waals surface area contributed by atoms with Crippen LogP contribution in [0.3, 0.4) is 0 Å². The highest BCUT2D eigenvalue weighted by atomic mass is 16.2. The molecule has 0 aromatic heterocycles. The molecule has 1 atom stereocenters. The number of carbonyl (C=O) groups excluding carboxylic acids is 2. The van der Waals surface area contributed by atoms with Gasteiger partial charge in [0.1, 0.15) is 5.54 Å². The van der Waals surface area contributed by atoms with Gasteiger partial charge in [0.15, 0.2) is 0 Å². The van der Waals surface area contributed by atoms with Crippen molar-refractivity contribution in [3.05, 3.63) is 69.8 Å². The molecule has 3 rings (SSSR count). The van der Waals surface area contributed by atoms with Gasteiger partial charge in [-0.2, -0.15) is 0 Å². The lowest BCUT2D eigenvalue weighted by atomic mass is 9.84. The maximum absolute atomic E-state index is 13.2. The Balaban J connectivity index is 1.70. The molecule has 1 heterocycles. The number of hydrogen-bond acceptors (Lipinski definition) is 2. The van der Waals surface area contributed by atoms with Crippen molar-refractivity contribution in [2.24, 2.45) is 0 Å².